The van der Waals surface area contributed by atoms with Crippen LogP contribution in [0, 0.1) is 0 Å². The molecule has 0 aliphatic heterocycles. The van der Waals surface area contributed by atoms with Gasteiger partial charge in [0.15, 0.2) is 0 Å². The van der Waals surface area contributed by atoms with Gasteiger partial charge in [0.2, 0.25) is 0 Å². The first kappa shape index (κ1) is 9.96. The van der Waals surface area contributed by atoms with Crippen molar-refractivity contribution in [3.63, 3.8) is 0 Å². The molecular formula is C9H20N. The van der Waals surface area contributed by atoms with E-state index in [1.807, 2.05) is 13.8 Å². The van der Waals surface area contributed by atoms with Crippen LogP contribution in [-0.2, 0) is 0 Å². The molecule has 1 radical (unpaired) electrons. The molecule has 0 aliphatic carbocycles. The highest BCUT2D eigenvalue weighted by Gasteiger charge is 2.09. The summed E-state index contributed by atoms with van der Waals surface area (Å²) >= 11 is 0. The number of nitrogens with one attached hydrogen (secondary N) is 1. The van der Waals surface area contributed by atoms with Gasteiger partial charge in [0.1, 0.15) is 0 Å². The van der Waals surface area contributed by atoms with Gasteiger partial charge in [-0.15, -0.1) is 0 Å². The largest absolute Gasteiger partial charge is 0.252 e. The first-order chi connectivity index (χ1) is 4.56. The Morgan fingerprint density at radius 3 is 2.10 bits per heavy atom. The minimum atomic E-state index is -0.201. The predicted octanol–water partition coefficient (Wildman–Crippen LogP) is 3.02. The lowest BCUT2D eigenvalue weighted by molar-refractivity contribution is 0.431. The SMILES string of the molecule is CCCCCCC(C)(C)[NH]. The first-order valence-corrected chi connectivity index (χ1v) is 4.31. The maximum Gasteiger partial charge on any atom is 0.0267 e. The van der Waals surface area contributed by atoms with Crippen molar-refractivity contribution in [2.75, 3.05) is 0 Å². The third-order valence-electron chi connectivity index (χ3n) is 1.66. The monoisotopic (exact) mass is 142 g/mol. The summed E-state index contributed by atoms with van der Waals surface area (Å²) in [6.45, 7) is 6.18. The second kappa shape index (κ2) is 4.73. The fourth-order valence-electron chi connectivity index (χ4n) is 0.994. The molecule has 10 heavy (non-hydrogen) atoms. The standard InChI is InChI=1S/C9H20N/c1-4-5-6-7-8-9(2,3)10/h10H,4-8H2,1-3H3. The Labute approximate surface area is 65.0 Å². The maximum atomic E-state index is 7.57. The summed E-state index contributed by atoms with van der Waals surface area (Å²) in [6.07, 6.45) is 6.20. The van der Waals surface area contributed by atoms with E-state index in [0.29, 0.717) is 0 Å². The molecule has 0 bridgehead atoms. The maximum absolute atomic E-state index is 7.57. The molecule has 61 valence electrons. The van der Waals surface area contributed by atoms with Crippen molar-refractivity contribution in [2.24, 2.45) is 0 Å². The lowest BCUT2D eigenvalue weighted by Crippen LogP contribution is -2.20. The lowest BCUT2D eigenvalue weighted by atomic mass is 9.98. The summed E-state index contributed by atoms with van der Waals surface area (Å²) < 4.78 is 0. The molecule has 0 saturated carbocycles. The average molecular weight is 142 g/mol. The molecule has 0 fully saturated rings. The normalized spacial score (nSPS) is 12.0. The molecule has 0 amide bonds. The zero-order valence-electron chi connectivity index (χ0n) is 7.54. The van der Waals surface area contributed by atoms with Crippen LogP contribution in [-0.4, -0.2) is 5.54 Å². The van der Waals surface area contributed by atoms with Gasteiger partial charge >= 0.3 is 0 Å². The van der Waals surface area contributed by atoms with E-state index in [9.17, 15) is 0 Å². The van der Waals surface area contributed by atoms with E-state index < -0.39 is 0 Å². The van der Waals surface area contributed by atoms with E-state index in [1.165, 1.54) is 25.7 Å². The summed E-state index contributed by atoms with van der Waals surface area (Å²) in [5.41, 5.74) is 7.37. The molecule has 0 aliphatic rings. The van der Waals surface area contributed by atoms with Crippen molar-refractivity contribution in [3.8, 4) is 0 Å². The quantitative estimate of drug-likeness (QED) is 0.527. The van der Waals surface area contributed by atoms with E-state index in [1.54, 1.807) is 0 Å². The van der Waals surface area contributed by atoms with Crippen molar-refractivity contribution in [1.82, 2.24) is 5.73 Å². The highest BCUT2D eigenvalue weighted by molar-refractivity contribution is 4.69. The number of unbranched alkanes of at least 4 members (excludes halogenated alkanes) is 3. The van der Waals surface area contributed by atoms with Crippen molar-refractivity contribution in [3.05, 3.63) is 0 Å². The lowest BCUT2D eigenvalue weighted by Gasteiger charge is -2.15. The molecule has 0 spiro atoms. The van der Waals surface area contributed by atoms with Gasteiger partial charge in [-0.25, -0.2) is 0 Å². The van der Waals surface area contributed by atoms with Crippen LogP contribution in [0.25, 0.3) is 0 Å². The third-order valence-corrected chi connectivity index (χ3v) is 1.66. The molecular weight excluding hydrogens is 122 g/mol. The second-order valence-electron chi connectivity index (χ2n) is 3.69. The van der Waals surface area contributed by atoms with E-state index in [0.717, 1.165) is 6.42 Å². The van der Waals surface area contributed by atoms with E-state index >= 15 is 0 Å². The molecule has 1 heteroatoms. The molecule has 0 aromatic rings. The van der Waals surface area contributed by atoms with Crippen molar-refractivity contribution in [1.29, 1.82) is 0 Å². The predicted molar refractivity (Wildman–Crippen MR) is 45.9 cm³/mol. The molecule has 1 nitrogen and oxygen atoms in total. The minimum absolute atomic E-state index is 0.201. The van der Waals surface area contributed by atoms with Gasteiger partial charge in [-0.05, 0) is 20.3 Å². The molecule has 0 aromatic carbocycles. The summed E-state index contributed by atoms with van der Waals surface area (Å²) in [7, 11) is 0. The second-order valence-corrected chi connectivity index (χ2v) is 3.69. The summed E-state index contributed by atoms with van der Waals surface area (Å²) in [6, 6.07) is 0. The molecule has 0 saturated heterocycles. The van der Waals surface area contributed by atoms with E-state index in [2.05, 4.69) is 6.92 Å². The van der Waals surface area contributed by atoms with Crippen LogP contribution >= 0.6 is 0 Å². The topological polar surface area (TPSA) is 23.8 Å². The van der Waals surface area contributed by atoms with Crippen LogP contribution in [0.1, 0.15) is 52.9 Å². The molecule has 0 aromatic heterocycles. The Balaban J connectivity index is 3.04. The highest BCUT2D eigenvalue weighted by Crippen LogP contribution is 2.12. The summed E-state index contributed by atoms with van der Waals surface area (Å²) in [5.74, 6) is 0. The van der Waals surface area contributed by atoms with Crippen molar-refractivity contribution >= 4 is 0 Å². The number of rotatable bonds is 5. The van der Waals surface area contributed by atoms with Gasteiger partial charge in [0.05, 0.1) is 0 Å². The molecule has 1 N–H and O–H groups in total. The summed E-state index contributed by atoms with van der Waals surface area (Å²) in [5, 5.41) is 0. The van der Waals surface area contributed by atoms with Gasteiger partial charge < -0.3 is 0 Å². The van der Waals surface area contributed by atoms with E-state index in [4.69, 9.17) is 5.73 Å². The van der Waals surface area contributed by atoms with Crippen LogP contribution in [0.3, 0.4) is 0 Å². The highest BCUT2D eigenvalue weighted by atomic mass is 14.7. The van der Waals surface area contributed by atoms with Crippen LogP contribution < -0.4 is 5.73 Å². The fraction of sp³-hybridized carbons (Fsp3) is 1.00. The third kappa shape index (κ3) is 7.96. The van der Waals surface area contributed by atoms with Crippen molar-refractivity contribution in [2.45, 2.75) is 58.4 Å². The Morgan fingerprint density at radius 1 is 1.10 bits per heavy atom. The number of hydrogen-bond acceptors (Lipinski definition) is 0. The van der Waals surface area contributed by atoms with Crippen LogP contribution in [0.5, 0.6) is 0 Å². The smallest absolute Gasteiger partial charge is 0.0267 e. The Hall–Kier alpha value is -0.0400. The number of hydrogen-bond donors (Lipinski definition) is 0. The minimum Gasteiger partial charge on any atom is -0.252 e. The summed E-state index contributed by atoms with van der Waals surface area (Å²) in [4.78, 5) is 0. The Kier molecular flexibility index (Phi) is 4.71. The first-order valence-electron chi connectivity index (χ1n) is 4.31. The van der Waals surface area contributed by atoms with Gasteiger partial charge in [0, 0.05) is 5.54 Å². The fourth-order valence-corrected chi connectivity index (χ4v) is 0.994. The molecule has 0 rings (SSSR count). The van der Waals surface area contributed by atoms with Gasteiger partial charge in [-0.2, -0.15) is 0 Å². The zero-order valence-corrected chi connectivity index (χ0v) is 7.54. The van der Waals surface area contributed by atoms with Crippen molar-refractivity contribution < 1.29 is 0 Å². The Morgan fingerprint density at radius 2 is 1.70 bits per heavy atom. The van der Waals surface area contributed by atoms with Crippen LogP contribution in [0.2, 0.25) is 0 Å². The molecule has 0 unspecified atom stereocenters. The van der Waals surface area contributed by atoms with Crippen LogP contribution in [0.15, 0.2) is 0 Å². The van der Waals surface area contributed by atoms with Gasteiger partial charge in [-0.1, -0.05) is 32.6 Å². The molecule has 0 atom stereocenters. The van der Waals surface area contributed by atoms with E-state index in [-0.39, 0.29) is 5.54 Å². The van der Waals surface area contributed by atoms with Crippen LogP contribution in [0.4, 0.5) is 0 Å². The Bertz CT molecular complexity index is 71.3. The molecule has 0 heterocycles. The average Bonchev–Trinajstić information content (AvgIpc) is 1.78. The van der Waals surface area contributed by atoms with Gasteiger partial charge in [-0.3, -0.25) is 5.73 Å². The zero-order chi connectivity index (χ0) is 8.04. The van der Waals surface area contributed by atoms with Gasteiger partial charge in [0.25, 0.3) is 0 Å².